The maximum atomic E-state index is 3.61. The highest BCUT2D eigenvalue weighted by molar-refractivity contribution is 9.10. The first-order valence-corrected chi connectivity index (χ1v) is 12.1. The first-order valence-electron chi connectivity index (χ1n) is 11.3. The van der Waals surface area contributed by atoms with Gasteiger partial charge in [0.05, 0.1) is 0 Å². The van der Waals surface area contributed by atoms with E-state index in [-0.39, 0.29) is 5.92 Å². The van der Waals surface area contributed by atoms with Crippen LogP contribution in [0.5, 0.6) is 0 Å². The zero-order valence-corrected chi connectivity index (χ0v) is 20.0. The molecule has 0 aliphatic heterocycles. The van der Waals surface area contributed by atoms with Crippen molar-refractivity contribution in [2.75, 3.05) is 0 Å². The van der Waals surface area contributed by atoms with Crippen LogP contribution in [0.2, 0.25) is 0 Å². The van der Waals surface area contributed by atoms with Crippen molar-refractivity contribution >= 4 is 15.9 Å². The molecule has 1 atom stereocenters. The minimum Gasteiger partial charge on any atom is -0.0622 e. The number of benzene rings is 5. The molecule has 1 unspecified atom stereocenters. The van der Waals surface area contributed by atoms with Gasteiger partial charge in [0.25, 0.3) is 0 Å². The minimum absolute atomic E-state index is 0.222. The van der Waals surface area contributed by atoms with Gasteiger partial charge in [0.1, 0.15) is 0 Å². The molecule has 1 aliphatic carbocycles. The van der Waals surface area contributed by atoms with E-state index in [0.29, 0.717) is 0 Å². The van der Waals surface area contributed by atoms with Gasteiger partial charge >= 0.3 is 0 Å². The summed E-state index contributed by atoms with van der Waals surface area (Å²) in [5.41, 5.74) is 13.2. The fourth-order valence-electron chi connectivity index (χ4n) is 5.17. The summed E-state index contributed by atoms with van der Waals surface area (Å²) in [5, 5.41) is 0. The summed E-state index contributed by atoms with van der Waals surface area (Å²) in [6.07, 6.45) is 0. The number of rotatable bonds is 3. The SMILES string of the molecule is Cc1ccc2c(c1)C(c1ccccc1)c1c(-c3ccc(Br)cc3)cc(-c3ccccc3)cc1-2. The molecule has 0 spiro atoms. The highest BCUT2D eigenvalue weighted by Gasteiger charge is 2.33. The van der Waals surface area contributed by atoms with Crippen molar-refractivity contribution in [1.29, 1.82) is 0 Å². The Hall–Kier alpha value is -3.42. The van der Waals surface area contributed by atoms with Crippen molar-refractivity contribution in [3.63, 3.8) is 0 Å². The summed E-state index contributed by atoms with van der Waals surface area (Å²) in [5.74, 6) is 0.222. The van der Waals surface area contributed by atoms with E-state index in [9.17, 15) is 0 Å². The van der Waals surface area contributed by atoms with Crippen LogP contribution >= 0.6 is 15.9 Å². The number of hydrogen-bond donors (Lipinski definition) is 0. The van der Waals surface area contributed by atoms with Crippen molar-refractivity contribution in [1.82, 2.24) is 0 Å². The second-order valence-corrected chi connectivity index (χ2v) is 9.71. The van der Waals surface area contributed by atoms with Crippen LogP contribution in [0.25, 0.3) is 33.4 Å². The van der Waals surface area contributed by atoms with Gasteiger partial charge in [-0.2, -0.15) is 0 Å². The molecule has 1 aliphatic rings. The first kappa shape index (κ1) is 20.2. The topological polar surface area (TPSA) is 0 Å². The average Bonchev–Trinajstić information content (AvgIpc) is 3.18. The molecular formula is C32H23Br. The van der Waals surface area contributed by atoms with Crippen molar-refractivity contribution in [2.45, 2.75) is 12.8 Å². The molecular weight excluding hydrogens is 464 g/mol. The van der Waals surface area contributed by atoms with Gasteiger partial charge in [-0.15, -0.1) is 0 Å². The molecule has 0 fully saturated rings. The molecule has 6 rings (SSSR count). The third kappa shape index (κ3) is 3.53. The maximum Gasteiger partial charge on any atom is 0.0358 e. The summed E-state index contributed by atoms with van der Waals surface area (Å²) in [7, 11) is 0. The van der Waals surface area contributed by atoms with Crippen LogP contribution in [-0.2, 0) is 0 Å². The largest absolute Gasteiger partial charge is 0.0622 e. The van der Waals surface area contributed by atoms with Gasteiger partial charge in [0.15, 0.2) is 0 Å². The van der Waals surface area contributed by atoms with Gasteiger partial charge in [0, 0.05) is 10.4 Å². The lowest BCUT2D eigenvalue weighted by Crippen LogP contribution is -2.02. The lowest BCUT2D eigenvalue weighted by atomic mass is 9.83. The van der Waals surface area contributed by atoms with Gasteiger partial charge in [-0.3, -0.25) is 0 Å². The smallest absolute Gasteiger partial charge is 0.0358 e. The van der Waals surface area contributed by atoms with Gasteiger partial charge < -0.3 is 0 Å². The van der Waals surface area contributed by atoms with Crippen LogP contribution in [0.1, 0.15) is 28.2 Å². The Labute approximate surface area is 203 Å². The number of aryl methyl sites for hydroxylation is 1. The van der Waals surface area contributed by atoms with Crippen molar-refractivity contribution in [3.8, 4) is 33.4 Å². The monoisotopic (exact) mass is 486 g/mol. The summed E-state index contributed by atoms with van der Waals surface area (Å²) < 4.78 is 1.10. The van der Waals surface area contributed by atoms with E-state index in [4.69, 9.17) is 0 Å². The summed E-state index contributed by atoms with van der Waals surface area (Å²) >= 11 is 3.61. The summed E-state index contributed by atoms with van der Waals surface area (Å²) in [6.45, 7) is 2.19. The normalized spacial score (nSPS) is 14.1. The zero-order valence-electron chi connectivity index (χ0n) is 18.4. The zero-order chi connectivity index (χ0) is 22.4. The standard InChI is InChI=1S/C32H23Br/c1-21-12-17-27-29(18-21)31(24-10-6-3-7-11-24)32-28(23-13-15-26(33)16-14-23)19-25(20-30(27)32)22-8-4-2-5-9-22/h2-20,31H,1H3. The molecule has 0 bridgehead atoms. The van der Waals surface area contributed by atoms with E-state index in [1.807, 2.05) is 0 Å². The van der Waals surface area contributed by atoms with Gasteiger partial charge in [-0.1, -0.05) is 112 Å². The number of halogens is 1. The van der Waals surface area contributed by atoms with E-state index >= 15 is 0 Å². The quantitative estimate of drug-likeness (QED) is 0.233. The highest BCUT2D eigenvalue weighted by Crippen LogP contribution is 2.53. The van der Waals surface area contributed by atoms with Crippen LogP contribution in [0.4, 0.5) is 0 Å². The number of hydrogen-bond acceptors (Lipinski definition) is 0. The predicted molar refractivity (Wildman–Crippen MR) is 143 cm³/mol. The van der Waals surface area contributed by atoms with E-state index in [1.54, 1.807) is 0 Å². The van der Waals surface area contributed by atoms with Gasteiger partial charge in [0.2, 0.25) is 0 Å². The molecule has 5 aromatic rings. The molecule has 0 aromatic heterocycles. The van der Waals surface area contributed by atoms with Crippen molar-refractivity contribution in [3.05, 3.63) is 142 Å². The Morgan fingerprint density at radius 2 is 1.21 bits per heavy atom. The molecule has 0 nitrogen and oxygen atoms in total. The Morgan fingerprint density at radius 3 is 1.94 bits per heavy atom. The van der Waals surface area contributed by atoms with E-state index in [2.05, 4.69) is 138 Å². The molecule has 5 aromatic carbocycles. The molecule has 0 radical (unpaired) electrons. The summed E-state index contributed by atoms with van der Waals surface area (Å²) in [6, 6.07) is 42.1. The predicted octanol–water partition coefficient (Wildman–Crippen LogP) is 9.25. The first-order chi connectivity index (χ1) is 16.2. The van der Waals surface area contributed by atoms with Crippen LogP contribution < -0.4 is 0 Å². The molecule has 158 valence electrons. The van der Waals surface area contributed by atoms with Crippen LogP contribution in [0, 0.1) is 6.92 Å². The highest BCUT2D eigenvalue weighted by atomic mass is 79.9. The fourth-order valence-corrected chi connectivity index (χ4v) is 5.43. The average molecular weight is 487 g/mol. The molecule has 0 heterocycles. The van der Waals surface area contributed by atoms with E-state index < -0.39 is 0 Å². The number of fused-ring (bicyclic) bond motifs is 3. The Kier molecular flexibility index (Phi) is 5.00. The Morgan fingerprint density at radius 1 is 0.545 bits per heavy atom. The van der Waals surface area contributed by atoms with E-state index in [0.717, 1.165) is 4.47 Å². The molecule has 0 saturated heterocycles. The summed E-state index contributed by atoms with van der Waals surface area (Å²) in [4.78, 5) is 0. The van der Waals surface area contributed by atoms with Crippen LogP contribution in [0.3, 0.4) is 0 Å². The van der Waals surface area contributed by atoms with Crippen LogP contribution in [-0.4, -0.2) is 0 Å². The maximum absolute atomic E-state index is 3.61. The van der Waals surface area contributed by atoms with E-state index in [1.165, 1.54) is 55.6 Å². The second-order valence-electron chi connectivity index (χ2n) is 8.79. The third-order valence-electron chi connectivity index (χ3n) is 6.67. The third-order valence-corrected chi connectivity index (χ3v) is 7.20. The van der Waals surface area contributed by atoms with Crippen molar-refractivity contribution in [2.24, 2.45) is 0 Å². The molecule has 0 saturated carbocycles. The Balaban J connectivity index is 1.70. The molecule has 0 amide bonds. The minimum atomic E-state index is 0.222. The van der Waals surface area contributed by atoms with Crippen molar-refractivity contribution < 1.29 is 0 Å². The molecule has 1 heteroatoms. The van der Waals surface area contributed by atoms with Gasteiger partial charge in [-0.25, -0.2) is 0 Å². The lowest BCUT2D eigenvalue weighted by Gasteiger charge is -2.20. The van der Waals surface area contributed by atoms with Gasteiger partial charge in [-0.05, 0) is 81.3 Å². The fraction of sp³-hybridized carbons (Fsp3) is 0.0625. The van der Waals surface area contributed by atoms with Crippen LogP contribution in [0.15, 0.2) is 120 Å². The lowest BCUT2D eigenvalue weighted by molar-refractivity contribution is 1.01. The second kappa shape index (κ2) is 8.17. The molecule has 0 N–H and O–H groups in total. The Bertz CT molecular complexity index is 1450. The molecule has 33 heavy (non-hydrogen) atoms.